The van der Waals surface area contributed by atoms with Gasteiger partial charge in [0.05, 0.1) is 35.5 Å². The van der Waals surface area contributed by atoms with E-state index in [1.165, 1.54) is 18.4 Å². The van der Waals surface area contributed by atoms with E-state index in [-0.39, 0.29) is 12.0 Å². The molecule has 1 aliphatic rings. The van der Waals surface area contributed by atoms with Gasteiger partial charge in [-0.2, -0.15) is 0 Å². The number of anilines is 1. The molecule has 0 spiro atoms. The van der Waals surface area contributed by atoms with E-state index in [1.54, 1.807) is 29.2 Å². The van der Waals surface area contributed by atoms with E-state index in [2.05, 4.69) is 4.98 Å². The van der Waals surface area contributed by atoms with Crippen LogP contribution < -0.4 is 4.90 Å². The molecule has 0 aliphatic carbocycles. The minimum atomic E-state index is -0.472. The minimum absolute atomic E-state index is 0.0141. The molecule has 1 amide bonds. The van der Waals surface area contributed by atoms with Gasteiger partial charge in [-0.05, 0) is 43.2 Å². The molecule has 1 atom stereocenters. The number of nitrogens with zero attached hydrogens (tertiary/aromatic N) is 2. The fourth-order valence-corrected chi connectivity index (χ4v) is 4.24. The number of aromatic nitrogens is 1. The van der Waals surface area contributed by atoms with Crippen LogP contribution in [0.2, 0.25) is 0 Å². The molecule has 1 unspecified atom stereocenters. The van der Waals surface area contributed by atoms with Crippen LogP contribution >= 0.6 is 11.3 Å². The summed E-state index contributed by atoms with van der Waals surface area (Å²) in [4.78, 5) is 31.5. The van der Waals surface area contributed by atoms with Crippen molar-refractivity contribution in [3.63, 3.8) is 0 Å². The van der Waals surface area contributed by atoms with Crippen LogP contribution in [0.25, 0.3) is 10.2 Å². The number of hydrogen-bond donors (Lipinski definition) is 0. The smallest absolute Gasteiger partial charge is 0.337 e. The Morgan fingerprint density at radius 3 is 2.79 bits per heavy atom. The van der Waals surface area contributed by atoms with Crippen molar-refractivity contribution in [3.05, 3.63) is 59.7 Å². The zero-order valence-electron chi connectivity index (χ0n) is 15.5. The van der Waals surface area contributed by atoms with Crippen LogP contribution in [-0.2, 0) is 9.47 Å². The molecule has 1 fully saturated rings. The highest BCUT2D eigenvalue weighted by molar-refractivity contribution is 7.22. The molecule has 28 heavy (non-hydrogen) atoms. The normalized spacial score (nSPS) is 16.2. The molecule has 0 saturated carbocycles. The maximum Gasteiger partial charge on any atom is 0.337 e. The highest BCUT2D eigenvalue weighted by Crippen LogP contribution is 2.30. The molecular weight excluding hydrogens is 376 g/mol. The predicted molar refractivity (Wildman–Crippen MR) is 108 cm³/mol. The van der Waals surface area contributed by atoms with Gasteiger partial charge < -0.3 is 9.47 Å². The highest BCUT2D eigenvalue weighted by Gasteiger charge is 2.27. The average molecular weight is 396 g/mol. The van der Waals surface area contributed by atoms with Gasteiger partial charge in [-0.25, -0.2) is 9.78 Å². The van der Waals surface area contributed by atoms with Crippen molar-refractivity contribution < 1.29 is 19.1 Å². The number of fused-ring (bicyclic) bond motifs is 1. The maximum absolute atomic E-state index is 13.4. The number of para-hydroxylation sites is 1. The second-order valence-electron chi connectivity index (χ2n) is 6.59. The average Bonchev–Trinajstić information content (AvgIpc) is 3.40. The Bertz CT molecular complexity index is 977. The SMILES string of the molecule is COC(=O)c1cccc(C(=O)N(CC2CCCO2)c2nc3ccccc3s2)c1. The summed E-state index contributed by atoms with van der Waals surface area (Å²) < 4.78 is 11.5. The van der Waals surface area contributed by atoms with Crippen LogP contribution in [0.1, 0.15) is 33.6 Å². The van der Waals surface area contributed by atoms with Crippen LogP contribution in [0.15, 0.2) is 48.5 Å². The second kappa shape index (κ2) is 8.08. The number of thiazole rings is 1. The summed E-state index contributed by atoms with van der Waals surface area (Å²) in [6, 6.07) is 14.4. The number of amides is 1. The third kappa shape index (κ3) is 3.76. The third-order valence-corrected chi connectivity index (χ3v) is 5.76. The lowest BCUT2D eigenvalue weighted by Gasteiger charge is -2.23. The van der Waals surface area contributed by atoms with Gasteiger partial charge in [-0.15, -0.1) is 0 Å². The zero-order valence-corrected chi connectivity index (χ0v) is 16.3. The number of carbonyl (C=O) groups is 2. The zero-order chi connectivity index (χ0) is 19.5. The van der Waals surface area contributed by atoms with Crippen molar-refractivity contribution in [3.8, 4) is 0 Å². The Hall–Kier alpha value is -2.77. The van der Waals surface area contributed by atoms with Gasteiger partial charge >= 0.3 is 5.97 Å². The number of benzene rings is 2. The van der Waals surface area contributed by atoms with Gasteiger partial charge in [0.15, 0.2) is 5.13 Å². The Morgan fingerprint density at radius 1 is 1.21 bits per heavy atom. The quantitative estimate of drug-likeness (QED) is 0.612. The highest BCUT2D eigenvalue weighted by atomic mass is 32.1. The summed E-state index contributed by atoms with van der Waals surface area (Å²) >= 11 is 1.47. The first-order chi connectivity index (χ1) is 13.7. The van der Waals surface area contributed by atoms with Crippen molar-refractivity contribution in [2.75, 3.05) is 25.2 Å². The van der Waals surface area contributed by atoms with E-state index in [0.717, 1.165) is 23.1 Å². The minimum Gasteiger partial charge on any atom is -0.465 e. The number of esters is 1. The Labute approximate surface area is 166 Å². The van der Waals surface area contributed by atoms with Crippen molar-refractivity contribution in [1.82, 2.24) is 4.98 Å². The topological polar surface area (TPSA) is 68.7 Å². The summed E-state index contributed by atoms with van der Waals surface area (Å²) in [5.41, 5.74) is 1.62. The molecule has 144 valence electrons. The van der Waals surface area contributed by atoms with Gasteiger partial charge in [-0.3, -0.25) is 9.69 Å². The van der Waals surface area contributed by atoms with Crippen LogP contribution in [0, 0.1) is 0 Å². The molecule has 0 bridgehead atoms. The molecule has 0 N–H and O–H groups in total. The number of rotatable bonds is 5. The number of methoxy groups -OCH3 is 1. The van der Waals surface area contributed by atoms with Crippen molar-refractivity contribution in [2.45, 2.75) is 18.9 Å². The fourth-order valence-electron chi connectivity index (χ4n) is 3.27. The summed E-state index contributed by atoms with van der Waals surface area (Å²) in [7, 11) is 1.32. The summed E-state index contributed by atoms with van der Waals surface area (Å²) in [5, 5.41) is 0.630. The molecule has 4 rings (SSSR count). The number of ether oxygens (including phenoxy) is 2. The molecule has 7 heteroatoms. The number of hydrogen-bond acceptors (Lipinski definition) is 6. The fraction of sp³-hybridized carbons (Fsp3) is 0.286. The van der Waals surface area contributed by atoms with E-state index >= 15 is 0 Å². The van der Waals surface area contributed by atoms with Crippen LogP contribution in [0.5, 0.6) is 0 Å². The maximum atomic E-state index is 13.4. The third-order valence-electron chi connectivity index (χ3n) is 4.70. The van der Waals surface area contributed by atoms with E-state index in [4.69, 9.17) is 9.47 Å². The van der Waals surface area contributed by atoms with Gasteiger partial charge in [0.2, 0.25) is 0 Å². The van der Waals surface area contributed by atoms with E-state index in [0.29, 0.717) is 29.4 Å². The Morgan fingerprint density at radius 2 is 2.04 bits per heavy atom. The molecule has 0 radical (unpaired) electrons. The second-order valence-corrected chi connectivity index (χ2v) is 7.60. The molecule has 1 saturated heterocycles. The summed E-state index contributed by atoms with van der Waals surface area (Å²) in [6.45, 7) is 1.14. The lowest BCUT2D eigenvalue weighted by Crippen LogP contribution is -2.37. The van der Waals surface area contributed by atoms with Crippen LogP contribution in [-0.4, -0.2) is 43.2 Å². The van der Waals surface area contributed by atoms with E-state index in [9.17, 15) is 9.59 Å². The molecule has 1 aromatic heterocycles. The summed E-state index contributed by atoms with van der Waals surface area (Å²) in [5.74, 6) is -0.680. The summed E-state index contributed by atoms with van der Waals surface area (Å²) in [6.07, 6.45) is 1.89. The predicted octanol–water partition coefficient (Wildman–Crippen LogP) is 3.91. The van der Waals surface area contributed by atoms with Crippen LogP contribution in [0.4, 0.5) is 5.13 Å². The Kier molecular flexibility index (Phi) is 5.36. The molecule has 3 aromatic rings. The first-order valence-corrected chi connectivity index (χ1v) is 9.95. The largest absolute Gasteiger partial charge is 0.465 e. The Balaban J connectivity index is 1.70. The van der Waals surface area contributed by atoms with Crippen molar-refractivity contribution in [2.24, 2.45) is 0 Å². The monoisotopic (exact) mass is 396 g/mol. The molecule has 6 nitrogen and oxygen atoms in total. The van der Waals surface area contributed by atoms with E-state index < -0.39 is 5.97 Å². The van der Waals surface area contributed by atoms with E-state index in [1.807, 2.05) is 24.3 Å². The van der Waals surface area contributed by atoms with Crippen molar-refractivity contribution in [1.29, 1.82) is 0 Å². The van der Waals surface area contributed by atoms with Gasteiger partial charge in [0, 0.05) is 12.2 Å². The first-order valence-electron chi connectivity index (χ1n) is 9.13. The molecular formula is C21H20N2O4S. The molecule has 1 aliphatic heterocycles. The van der Waals surface area contributed by atoms with Gasteiger partial charge in [0.25, 0.3) is 5.91 Å². The number of carbonyl (C=O) groups excluding carboxylic acids is 2. The van der Waals surface area contributed by atoms with Gasteiger partial charge in [0.1, 0.15) is 0 Å². The molecule has 2 aromatic carbocycles. The van der Waals surface area contributed by atoms with Gasteiger partial charge in [-0.1, -0.05) is 29.5 Å². The standard InChI is InChI=1S/C21H20N2O4S/c1-26-20(25)15-7-4-6-14(12-15)19(24)23(13-16-8-5-11-27-16)21-22-17-9-2-3-10-18(17)28-21/h2-4,6-7,9-10,12,16H,5,8,11,13H2,1H3. The van der Waals surface area contributed by atoms with Crippen molar-refractivity contribution >= 4 is 38.6 Å². The molecule has 2 heterocycles. The first kappa shape index (κ1) is 18.6. The van der Waals surface area contributed by atoms with Crippen LogP contribution in [0.3, 0.4) is 0 Å². The lowest BCUT2D eigenvalue weighted by atomic mass is 10.1. The lowest BCUT2D eigenvalue weighted by molar-refractivity contribution is 0.0600.